The molecular formula is C23H18N2O5S. The van der Waals surface area contributed by atoms with Crippen LogP contribution in [-0.2, 0) is 4.79 Å². The van der Waals surface area contributed by atoms with Crippen LogP contribution in [0.2, 0.25) is 0 Å². The van der Waals surface area contributed by atoms with Crippen molar-refractivity contribution >= 4 is 33.9 Å². The molecule has 0 spiro atoms. The number of carbonyl (C=O) groups excluding carboxylic acids is 1. The second-order valence-electron chi connectivity index (χ2n) is 7.19. The standard InChI is InChI=1S/C23H18N2O5S/c1-14-10-23(27)30-20-11-15(6-7-16(14)20)29-13-22(26)25-18(21-5-3-9-31-21)12-17(24-25)19-4-2-8-28-19/h2-11,18H,12-13H2,1H3/t18-/m1/s1. The molecule has 8 heteroatoms. The number of hydrogen-bond donors (Lipinski definition) is 0. The molecule has 0 saturated carbocycles. The summed E-state index contributed by atoms with van der Waals surface area (Å²) in [6.07, 6.45) is 2.16. The molecule has 4 aromatic rings. The summed E-state index contributed by atoms with van der Waals surface area (Å²) < 4.78 is 16.4. The molecule has 0 saturated heterocycles. The van der Waals surface area contributed by atoms with E-state index in [1.54, 1.807) is 35.8 Å². The van der Waals surface area contributed by atoms with Gasteiger partial charge in [0.2, 0.25) is 0 Å². The van der Waals surface area contributed by atoms with Crippen LogP contribution >= 0.6 is 11.3 Å². The van der Waals surface area contributed by atoms with Gasteiger partial charge in [0.25, 0.3) is 5.91 Å². The van der Waals surface area contributed by atoms with E-state index in [4.69, 9.17) is 13.6 Å². The minimum absolute atomic E-state index is 0.196. The van der Waals surface area contributed by atoms with Gasteiger partial charge >= 0.3 is 5.63 Å². The molecule has 0 bridgehead atoms. The molecule has 0 fully saturated rings. The Morgan fingerprint density at radius 2 is 2.16 bits per heavy atom. The van der Waals surface area contributed by atoms with Gasteiger partial charge in [0.1, 0.15) is 22.8 Å². The molecule has 0 aliphatic carbocycles. The number of aryl methyl sites for hydroxylation is 1. The van der Waals surface area contributed by atoms with Gasteiger partial charge in [-0.2, -0.15) is 5.10 Å². The first-order chi connectivity index (χ1) is 15.1. The highest BCUT2D eigenvalue weighted by Crippen LogP contribution is 2.35. The summed E-state index contributed by atoms with van der Waals surface area (Å²) in [7, 11) is 0. The normalized spacial score (nSPS) is 16.0. The number of carbonyl (C=O) groups is 1. The quantitative estimate of drug-likeness (QED) is 0.432. The molecule has 1 amide bonds. The first-order valence-corrected chi connectivity index (χ1v) is 10.6. The van der Waals surface area contributed by atoms with E-state index < -0.39 is 5.63 Å². The van der Waals surface area contributed by atoms with E-state index in [9.17, 15) is 9.59 Å². The number of hydrogen-bond acceptors (Lipinski definition) is 7. The van der Waals surface area contributed by atoms with Crippen molar-refractivity contribution in [1.82, 2.24) is 5.01 Å². The highest BCUT2D eigenvalue weighted by Gasteiger charge is 2.34. The lowest BCUT2D eigenvalue weighted by Crippen LogP contribution is -2.31. The van der Waals surface area contributed by atoms with Crippen LogP contribution in [0, 0.1) is 6.92 Å². The zero-order valence-corrected chi connectivity index (χ0v) is 17.4. The van der Waals surface area contributed by atoms with E-state index in [1.807, 2.05) is 36.6 Å². The number of fused-ring (bicyclic) bond motifs is 1. The lowest BCUT2D eigenvalue weighted by molar-refractivity contribution is -0.135. The van der Waals surface area contributed by atoms with Gasteiger partial charge in [-0.25, -0.2) is 9.80 Å². The Morgan fingerprint density at radius 1 is 1.26 bits per heavy atom. The number of furan rings is 1. The maximum Gasteiger partial charge on any atom is 0.336 e. The van der Waals surface area contributed by atoms with Gasteiger partial charge in [-0.15, -0.1) is 11.3 Å². The molecule has 0 radical (unpaired) electrons. The molecule has 156 valence electrons. The van der Waals surface area contributed by atoms with Crippen molar-refractivity contribution in [3.05, 3.63) is 86.8 Å². The van der Waals surface area contributed by atoms with Gasteiger partial charge in [-0.1, -0.05) is 6.07 Å². The van der Waals surface area contributed by atoms with Crippen LogP contribution in [0.3, 0.4) is 0 Å². The van der Waals surface area contributed by atoms with Crippen molar-refractivity contribution in [1.29, 1.82) is 0 Å². The maximum atomic E-state index is 13.0. The monoisotopic (exact) mass is 434 g/mol. The molecule has 3 aromatic heterocycles. The molecule has 1 aliphatic rings. The van der Waals surface area contributed by atoms with Gasteiger partial charge in [0.05, 0.1) is 12.3 Å². The number of rotatable bonds is 5. The minimum atomic E-state index is -0.422. The number of nitrogens with zero attached hydrogens (tertiary/aromatic N) is 2. The van der Waals surface area contributed by atoms with Gasteiger partial charge in [-0.3, -0.25) is 4.79 Å². The minimum Gasteiger partial charge on any atom is -0.484 e. The van der Waals surface area contributed by atoms with E-state index in [-0.39, 0.29) is 18.6 Å². The Morgan fingerprint density at radius 3 is 2.94 bits per heavy atom. The predicted octanol–water partition coefficient (Wildman–Crippen LogP) is 4.51. The van der Waals surface area contributed by atoms with Crippen molar-refractivity contribution in [2.24, 2.45) is 5.10 Å². The third kappa shape index (κ3) is 3.77. The van der Waals surface area contributed by atoms with Gasteiger partial charge < -0.3 is 13.6 Å². The topological polar surface area (TPSA) is 85.2 Å². The fourth-order valence-corrected chi connectivity index (χ4v) is 4.45. The third-order valence-electron chi connectivity index (χ3n) is 5.13. The molecule has 7 nitrogen and oxygen atoms in total. The molecular weight excluding hydrogens is 416 g/mol. The molecule has 0 N–H and O–H groups in total. The summed E-state index contributed by atoms with van der Waals surface area (Å²) >= 11 is 1.58. The second-order valence-corrected chi connectivity index (χ2v) is 8.17. The second kappa shape index (κ2) is 7.88. The van der Waals surface area contributed by atoms with E-state index in [0.29, 0.717) is 23.5 Å². The summed E-state index contributed by atoms with van der Waals surface area (Å²) in [5, 5.41) is 8.79. The summed E-state index contributed by atoms with van der Waals surface area (Å²) in [6, 6.07) is 14.0. The van der Waals surface area contributed by atoms with Crippen LogP contribution in [0.4, 0.5) is 0 Å². The van der Waals surface area contributed by atoms with Crippen LogP contribution in [0.25, 0.3) is 11.0 Å². The average molecular weight is 434 g/mol. The zero-order valence-electron chi connectivity index (χ0n) is 16.6. The number of amides is 1. The maximum absolute atomic E-state index is 13.0. The van der Waals surface area contributed by atoms with Crippen LogP contribution in [0.1, 0.15) is 28.7 Å². The fraction of sp³-hybridized carbons (Fsp3) is 0.174. The first-order valence-electron chi connectivity index (χ1n) is 9.72. The smallest absolute Gasteiger partial charge is 0.336 e. The Bertz CT molecular complexity index is 1320. The van der Waals surface area contributed by atoms with E-state index in [0.717, 1.165) is 21.5 Å². The Balaban J connectivity index is 1.37. The van der Waals surface area contributed by atoms with Crippen molar-refractivity contribution in [2.75, 3.05) is 6.61 Å². The zero-order chi connectivity index (χ0) is 21.4. The Hall–Kier alpha value is -3.65. The van der Waals surface area contributed by atoms with Crippen molar-refractivity contribution < 1.29 is 18.4 Å². The Kier molecular flexibility index (Phi) is 4.91. The van der Waals surface area contributed by atoms with E-state index in [2.05, 4.69) is 5.10 Å². The molecule has 1 aliphatic heterocycles. The van der Waals surface area contributed by atoms with Crippen LogP contribution in [0.5, 0.6) is 5.75 Å². The van der Waals surface area contributed by atoms with Gasteiger partial charge in [-0.05, 0) is 48.2 Å². The third-order valence-corrected chi connectivity index (χ3v) is 6.10. The number of thiophene rings is 1. The van der Waals surface area contributed by atoms with E-state index in [1.165, 1.54) is 11.1 Å². The average Bonchev–Trinajstić information content (AvgIpc) is 3.52. The van der Waals surface area contributed by atoms with Gasteiger partial charge in [0.15, 0.2) is 6.61 Å². The molecule has 4 heterocycles. The highest BCUT2D eigenvalue weighted by atomic mass is 32.1. The lowest BCUT2D eigenvalue weighted by Gasteiger charge is -2.20. The molecule has 0 unspecified atom stereocenters. The van der Waals surface area contributed by atoms with Crippen LogP contribution < -0.4 is 10.4 Å². The molecule has 1 atom stereocenters. The lowest BCUT2D eigenvalue weighted by atomic mass is 10.1. The SMILES string of the molecule is Cc1cc(=O)oc2cc(OCC(=O)N3N=C(c4ccco4)C[C@@H]3c3cccs3)ccc12. The van der Waals surface area contributed by atoms with Crippen molar-refractivity contribution in [3.63, 3.8) is 0 Å². The molecule has 31 heavy (non-hydrogen) atoms. The summed E-state index contributed by atoms with van der Waals surface area (Å²) in [4.78, 5) is 25.7. The predicted molar refractivity (Wildman–Crippen MR) is 116 cm³/mol. The number of benzene rings is 1. The Labute approximate surface area is 181 Å². The summed E-state index contributed by atoms with van der Waals surface area (Å²) in [5.41, 5.74) is 1.55. The summed E-state index contributed by atoms with van der Waals surface area (Å²) in [5.74, 6) is 0.820. The van der Waals surface area contributed by atoms with Crippen molar-refractivity contribution in [2.45, 2.75) is 19.4 Å². The largest absolute Gasteiger partial charge is 0.484 e. The summed E-state index contributed by atoms with van der Waals surface area (Å²) in [6.45, 7) is 1.65. The van der Waals surface area contributed by atoms with E-state index >= 15 is 0 Å². The number of ether oxygens (including phenoxy) is 1. The van der Waals surface area contributed by atoms with Crippen LogP contribution in [-0.4, -0.2) is 23.2 Å². The molecule has 1 aromatic carbocycles. The van der Waals surface area contributed by atoms with Crippen molar-refractivity contribution in [3.8, 4) is 5.75 Å². The fourth-order valence-electron chi connectivity index (χ4n) is 3.64. The highest BCUT2D eigenvalue weighted by molar-refractivity contribution is 7.10. The van der Waals surface area contributed by atoms with Gasteiger partial charge in [0, 0.05) is 28.8 Å². The first kappa shape index (κ1) is 19.3. The molecule has 5 rings (SSSR count). The van der Waals surface area contributed by atoms with Crippen LogP contribution in [0.15, 0.2) is 78.9 Å². The number of hydrazone groups is 1.